The van der Waals surface area contributed by atoms with Gasteiger partial charge in [-0.15, -0.1) is 0 Å². The number of fused-ring (bicyclic) bond motifs is 1. The summed E-state index contributed by atoms with van der Waals surface area (Å²) >= 11 is 0. The fourth-order valence-electron chi connectivity index (χ4n) is 3.40. The van der Waals surface area contributed by atoms with Gasteiger partial charge in [-0.3, -0.25) is 9.59 Å². The number of rotatable bonds is 2. The summed E-state index contributed by atoms with van der Waals surface area (Å²) in [5.74, 6) is 0.0780. The number of hydrogen-bond donors (Lipinski definition) is 0. The maximum Gasteiger partial charge on any atom is 0.323 e. The Morgan fingerprint density at radius 2 is 1.69 bits per heavy atom. The predicted octanol–water partition coefficient (Wildman–Crippen LogP) is 4.58. The molecule has 4 heteroatoms. The molecule has 1 heterocycles. The van der Waals surface area contributed by atoms with Crippen molar-refractivity contribution in [1.82, 2.24) is 0 Å². The van der Waals surface area contributed by atoms with Crippen LogP contribution >= 0.6 is 0 Å². The molecule has 0 saturated heterocycles. The Balaban J connectivity index is 2.09. The number of benzene rings is 2. The second kappa shape index (κ2) is 6.27. The minimum absolute atomic E-state index is 0.0176. The average molecular weight is 352 g/mol. The Morgan fingerprint density at radius 1 is 1.08 bits per heavy atom. The van der Waals surface area contributed by atoms with Crippen LogP contribution in [0.2, 0.25) is 0 Å². The Hall–Kier alpha value is -2.62. The summed E-state index contributed by atoms with van der Waals surface area (Å²) < 4.78 is 10.8. The molecule has 0 aliphatic carbocycles. The number of hydrogen-bond acceptors (Lipinski definition) is 4. The van der Waals surface area contributed by atoms with Crippen LogP contribution in [0.3, 0.4) is 0 Å². The first-order valence-corrected chi connectivity index (χ1v) is 8.73. The van der Waals surface area contributed by atoms with Gasteiger partial charge in [0.2, 0.25) is 0 Å². The van der Waals surface area contributed by atoms with E-state index < -0.39 is 5.92 Å². The lowest BCUT2D eigenvalue weighted by Crippen LogP contribution is -2.14. The molecule has 0 aromatic heterocycles. The van der Waals surface area contributed by atoms with E-state index in [0.29, 0.717) is 11.5 Å². The van der Waals surface area contributed by atoms with Crippen molar-refractivity contribution < 1.29 is 19.1 Å². The van der Waals surface area contributed by atoms with Crippen molar-refractivity contribution in [2.24, 2.45) is 0 Å². The Morgan fingerprint density at radius 3 is 2.23 bits per heavy atom. The fraction of sp³-hybridized carbons (Fsp3) is 0.364. The molecule has 0 radical (unpaired) electrons. The molecule has 1 aliphatic rings. The normalized spacial score (nSPS) is 16.2. The molecule has 0 spiro atoms. The highest BCUT2D eigenvalue weighted by molar-refractivity contribution is 5.90. The predicted molar refractivity (Wildman–Crippen MR) is 99.8 cm³/mol. The largest absolute Gasteiger partial charge is 0.426 e. The summed E-state index contributed by atoms with van der Waals surface area (Å²) in [5.41, 5.74) is 4.53. The third kappa shape index (κ3) is 3.24. The molecule has 1 unspecified atom stereocenters. The number of carbonyl (C=O) groups is 2. The van der Waals surface area contributed by atoms with Gasteiger partial charge in [-0.25, -0.2) is 0 Å². The first kappa shape index (κ1) is 18.2. The lowest BCUT2D eigenvalue weighted by molar-refractivity contribution is -0.133. The monoisotopic (exact) mass is 352 g/mol. The molecule has 0 fully saturated rings. The average Bonchev–Trinajstić information content (AvgIpc) is 2.84. The summed E-state index contributed by atoms with van der Waals surface area (Å²) in [7, 11) is 0. The zero-order chi connectivity index (χ0) is 19.2. The minimum Gasteiger partial charge on any atom is -0.426 e. The van der Waals surface area contributed by atoms with Gasteiger partial charge in [0.05, 0.1) is 0 Å². The highest BCUT2D eigenvalue weighted by atomic mass is 16.5. The summed E-state index contributed by atoms with van der Waals surface area (Å²) in [6.45, 7) is 11.6. The van der Waals surface area contributed by atoms with Crippen molar-refractivity contribution in [2.75, 3.05) is 0 Å². The molecule has 136 valence electrons. The van der Waals surface area contributed by atoms with E-state index in [1.165, 1.54) is 6.92 Å². The van der Waals surface area contributed by atoms with Gasteiger partial charge in [0.1, 0.15) is 17.4 Å². The molecule has 3 rings (SSSR count). The zero-order valence-corrected chi connectivity index (χ0v) is 16.1. The Kier molecular flexibility index (Phi) is 4.39. The van der Waals surface area contributed by atoms with Crippen molar-refractivity contribution in [2.45, 2.75) is 52.9 Å². The van der Waals surface area contributed by atoms with Crippen LogP contribution in [0.5, 0.6) is 11.5 Å². The van der Waals surface area contributed by atoms with Crippen molar-refractivity contribution in [3.63, 3.8) is 0 Å². The van der Waals surface area contributed by atoms with Crippen LogP contribution in [-0.4, -0.2) is 11.9 Å². The summed E-state index contributed by atoms with van der Waals surface area (Å²) in [6.07, 6.45) is 0. The Labute approximate surface area is 154 Å². The van der Waals surface area contributed by atoms with Crippen LogP contribution in [0.1, 0.15) is 61.4 Å². The maximum atomic E-state index is 12.6. The molecule has 26 heavy (non-hydrogen) atoms. The standard InChI is InChI=1S/C22H24O4/c1-12-9-15(10-13(2)20(12)25-14(3)23)19-17-11-16(22(4,5)6)7-8-18(17)26-21(19)24/h7-11,19H,1-6H3. The quantitative estimate of drug-likeness (QED) is 0.586. The van der Waals surface area contributed by atoms with Crippen LogP contribution in [0, 0.1) is 13.8 Å². The van der Waals surface area contributed by atoms with Crippen molar-refractivity contribution >= 4 is 11.9 Å². The van der Waals surface area contributed by atoms with Gasteiger partial charge in [0.25, 0.3) is 0 Å². The van der Waals surface area contributed by atoms with Crippen molar-refractivity contribution in [3.8, 4) is 11.5 Å². The molecule has 0 N–H and O–H groups in total. The van der Waals surface area contributed by atoms with E-state index in [1.54, 1.807) is 0 Å². The van der Waals surface area contributed by atoms with E-state index in [1.807, 2.05) is 38.1 Å². The smallest absolute Gasteiger partial charge is 0.323 e. The molecule has 0 saturated carbocycles. The number of esters is 2. The highest BCUT2D eigenvalue weighted by Gasteiger charge is 2.36. The first-order valence-electron chi connectivity index (χ1n) is 8.73. The van der Waals surface area contributed by atoms with Crippen molar-refractivity contribution in [1.29, 1.82) is 0 Å². The third-order valence-corrected chi connectivity index (χ3v) is 4.69. The van der Waals surface area contributed by atoms with E-state index in [2.05, 4.69) is 26.8 Å². The van der Waals surface area contributed by atoms with Crippen molar-refractivity contribution in [3.05, 3.63) is 58.1 Å². The summed E-state index contributed by atoms with van der Waals surface area (Å²) in [5, 5.41) is 0. The maximum absolute atomic E-state index is 12.6. The van der Waals surface area contributed by atoms with E-state index >= 15 is 0 Å². The van der Waals surface area contributed by atoms with E-state index in [-0.39, 0.29) is 17.4 Å². The highest BCUT2D eigenvalue weighted by Crippen LogP contribution is 2.42. The molecule has 0 bridgehead atoms. The molecule has 2 aromatic carbocycles. The van der Waals surface area contributed by atoms with Gasteiger partial charge >= 0.3 is 11.9 Å². The summed E-state index contributed by atoms with van der Waals surface area (Å²) in [6, 6.07) is 9.75. The minimum atomic E-state index is -0.462. The molecule has 1 aliphatic heterocycles. The van der Waals surface area contributed by atoms with Gasteiger partial charge in [-0.2, -0.15) is 0 Å². The van der Waals surface area contributed by atoms with Crippen LogP contribution in [-0.2, 0) is 15.0 Å². The van der Waals surface area contributed by atoms with Gasteiger partial charge < -0.3 is 9.47 Å². The lowest BCUT2D eigenvalue weighted by atomic mass is 9.83. The van der Waals surface area contributed by atoms with Gasteiger partial charge in [0, 0.05) is 12.5 Å². The first-order chi connectivity index (χ1) is 12.1. The second-order valence-corrected chi connectivity index (χ2v) is 7.93. The van der Waals surface area contributed by atoms with Crippen LogP contribution in [0.4, 0.5) is 0 Å². The molecular weight excluding hydrogens is 328 g/mol. The molecular formula is C22H24O4. The molecule has 4 nitrogen and oxygen atoms in total. The SMILES string of the molecule is CC(=O)Oc1c(C)cc(C2C(=O)Oc3ccc(C(C)(C)C)cc32)cc1C. The van der Waals surface area contributed by atoms with Gasteiger partial charge in [-0.05, 0) is 47.6 Å². The zero-order valence-electron chi connectivity index (χ0n) is 16.1. The van der Waals surface area contributed by atoms with Crippen LogP contribution in [0.15, 0.2) is 30.3 Å². The second-order valence-electron chi connectivity index (χ2n) is 7.93. The van der Waals surface area contributed by atoms with Crippen LogP contribution < -0.4 is 9.47 Å². The van der Waals surface area contributed by atoms with Gasteiger partial charge in [-0.1, -0.05) is 45.0 Å². The summed E-state index contributed by atoms with van der Waals surface area (Å²) in [4.78, 5) is 23.9. The topological polar surface area (TPSA) is 52.6 Å². The molecule has 1 atom stereocenters. The van der Waals surface area contributed by atoms with E-state index in [4.69, 9.17) is 9.47 Å². The van der Waals surface area contributed by atoms with E-state index in [0.717, 1.165) is 27.8 Å². The lowest BCUT2D eigenvalue weighted by Gasteiger charge is -2.20. The van der Waals surface area contributed by atoms with E-state index in [9.17, 15) is 9.59 Å². The molecule has 2 aromatic rings. The van der Waals surface area contributed by atoms with Crippen LogP contribution in [0.25, 0.3) is 0 Å². The Bertz CT molecular complexity index is 880. The number of ether oxygens (including phenoxy) is 2. The molecule has 0 amide bonds. The number of carbonyl (C=O) groups excluding carboxylic acids is 2. The third-order valence-electron chi connectivity index (χ3n) is 4.69. The fourth-order valence-corrected chi connectivity index (χ4v) is 3.40. The number of aryl methyl sites for hydroxylation is 2. The van der Waals surface area contributed by atoms with Gasteiger partial charge in [0.15, 0.2) is 0 Å².